The van der Waals surface area contributed by atoms with Crippen LogP contribution in [0.3, 0.4) is 0 Å². The molecule has 5 heteroatoms. The van der Waals surface area contributed by atoms with Gasteiger partial charge in [0.25, 0.3) is 0 Å². The van der Waals surface area contributed by atoms with E-state index in [4.69, 9.17) is 4.74 Å². The molecular weight excluding hydrogens is 308 g/mol. The average Bonchev–Trinajstić information content (AvgIpc) is 2.40. The molecular formula is C18H36N2O2S. The van der Waals surface area contributed by atoms with E-state index in [1.807, 2.05) is 37.4 Å². The monoisotopic (exact) mass is 344 g/mol. The quantitative estimate of drug-likeness (QED) is 0.808. The molecule has 1 amide bonds. The summed E-state index contributed by atoms with van der Waals surface area (Å²) in [5.41, 5.74) is -0.693. The first-order valence-electron chi connectivity index (χ1n) is 8.79. The van der Waals surface area contributed by atoms with Crippen molar-refractivity contribution >= 4 is 17.9 Å². The van der Waals surface area contributed by atoms with Crippen LogP contribution in [0.4, 0.5) is 4.79 Å². The number of hydrogen-bond donors (Lipinski definition) is 1. The molecule has 0 aromatic heterocycles. The van der Waals surface area contributed by atoms with Crippen molar-refractivity contribution < 1.29 is 9.53 Å². The van der Waals surface area contributed by atoms with E-state index in [-0.39, 0.29) is 11.6 Å². The van der Waals surface area contributed by atoms with Gasteiger partial charge < -0.3 is 15.0 Å². The van der Waals surface area contributed by atoms with Gasteiger partial charge in [-0.05, 0) is 67.1 Å². The summed E-state index contributed by atoms with van der Waals surface area (Å²) in [6.07, 6.45) is 7.11. The lowest BCUT2D eigenvalue weighted by Gasteiger charge is -2.37. The Bertz CT molecular complexity index is 374. The van der Waals surface area contributed by atoms with E-state index in [1.54, 1.807) is 0 Å². The smallest absolute Gasteiger partial charge is 0.410 e. The molecule has 136 valence electrons. The number of carbonyl (C=O) groups excluding carboxylic acids is 1. The van der Waals surface area contributed by atoms with Crippen molar-refractivity contribution in [2.75, 3.05) is 19.3 Å². The highest BCUT2D eigenvalue weighted by Crippen LogP contribution is 2.27. The van der Waals surface area contributed by atoms with E-state index >= 15 is 0 Å². The Hall–Kier alpha value is -0.420. The minimum atomic E-state index is -0.455. The number of hydrogen-bond acceptors (Lipinski definition) is 4. The summed E-state index contributed by atoms with van der Waals surface area (Å²) in [7, 11) is 0. The summed E-state index contributed by atoms with van der Waals surface area (Å²) in [6, 6.07) is 0.585. The van der Waals surface area contributed by atoms with Crippen molar-refractivity contribution in [3.8, 4) is 0 Å². The van der Waals surface area contributed by atoms with Gasteiger partial charge in [-0.1, -0.05) is 6.42 Å². The fourth-order valence-electron chi connectivity index (χ4n) is 2.94. The Balaban J connectivity index is 2.50. The first-order valence-corrected chi connectivity index (χ1v) is 10.1. The van der Waals surface area contributed by atoms with Gasteiger partial charge >= 0.3 is 6.09 Å². The van der Waals surface area contributed by atoms with E-state index in [9.17, 15) is 4.79 Å². The summed E-state index contributed by atoms with van der Waals surface area (Å²) in [4.78, 5) is 14.3. The molecule has 0 aromatic rings. The van der Waals surface area contributed by atoms with Gasteiger partial charge in [-0.25, -0.2) is 4.79 Å². The lowest BCUT2D eigenvalue weighted by molar-refractivity contribution is 0.00639. The van der Waals surface area contributed by atoms with Gasteiger partial charge in [0, 0.05) is 29.9 Å². The van der Waals surface area contributed by atoms with E-state index in [0.29, 0.717) is 12.6 Å². The minimum Gasteiger partial charge on any atom is -0.444 e. The van der Waals surface area contributed by atoms with E-state index in [0.717, 1.165) is 11.8 Å². The third-order valence-corrected chi connectivity index (χ3v) is 5.25. The largest absolute Gasteiger partial charge is 0.444 e. The number of thioether (sulfide) groups is 1. The summed E-state index contributed by atoms with van der Waals surface area (Å²) in [5.74, 6) is 0. The van der Waals surface area contributed by atoms with Crippen LogP contribution in [0, 0.1) is 0 Å². The molecule has 0 aliphatic heterocycles. The lowest BCUT2D eigenvalue weighted by Crippen LogP contribution is -2.51. The van der Waals surface area contributed by atoms with Gasteiger partial charge in [0.05, 0.1) is 0 Å². The zero-order chi connectivity index (χ0) is 17.7. The van der Waals surface area contributed by atoms with Crippen molar-refractivity contribution in [2.45, 2.75) is 89.7 Å². The highest BCUT2D eigenvalue weighted by Gasteiger charge is 2.30. The summed E-state index contributed by atoms with van der Waals surface area (Å²) >= 11 is 1.98. The van der Waals surface area contributed by atoms with Crippen LogP contribution in [0.2, 0.25) is 0 Å². The van der Waals surface area contributed by atoms with Crippen LogP contribution in [0.25, 0.3) is 0 Å². The Morgan fingerprint density at radius 3 is 2.39 bits per heavy atom. The third kappa shape index (κ3) is 7.79. The van der Waals surface area contributed by atoms with Crippen LogP contribution in [-0.2, 0) is 4.74 Å². The molecule has 1 fully saturated rings. The Morgan fingerprint density at radius 2 is 1.87 bits per heavy atom. The van der Waals surface area contributed by atoms with Crippen LogP contribution >= 0.6 is 11.8 Å². The maximum absolute atomic E-state index is 12.5. The van der Waals surface area contributed by atoms with Crippen molar-refractivity contribution in [3.05, 3.63) is 0 Å². The topological polar surface area (TPSA) is 41.6 Å². The summed E-state index contributed by atoms with van der Waals surface area (Å²) in [6.45, 7) is 13.4. The van der Waals surface area contributed by atoms with Gasteiger partial charge in [-0.2, -0.15) is 11.8 Å². The van der Waals surface area contributed by atoms with Crippen LogP contribution in [0.15, 0.2) is 0 Å². The molecule has 0 saturated heterocycles. The van der Waals surface area contributed by atoms with Gasteiger partial charge in [-0.15, -0.1) is 0 Å². The standard InChI is InChI=1S/C18H36N2O2S/c1-17(2,3)20(16(21)22-18(4,5)6)12-11-19-14-9-8-10-15(13-14)23-7/h14-15,19H,8-13H2,1-7H3. The summed E-state index contributed by atoms with van der Waals surface area (Å²) in [5, 5.41) is 4.43. The Morgan fingerprint density at radius 1 is 1.22 bits per heavy atom. The first-order chi connectivity index (χ1) is 10.5. The fourth-order valence-corrected chi connectivity index (χ4v) is 3.77. The second-order valence-corrected chi connectivity index (χ2v) is 9.62. The van der Waals surface area contributed by atoms with Crippen molar-refractivity contribution in [2.24, 2.45) is 0 Å². The van der Waals surface area contributed by atoms with Gasteiger partial charge in [0.15, 0.2) is 0 Å². The molecule has 0 spiro atoms. The predicted molar refractivity (Wildman–Crippen MR) is 100 cm³/mol. The molecule has 1 N–H and O–H groups in total. The fraction of sp³-hybridized carbons (Fsp3) is 0.944. The second-order valence-electron chi connectivity index (χ2n) is 8.48. The number of amides is 1. The number of ether oxygens (including phenoxy) is 1. The Labute approximate surface area is 147 Å². The van der Waals surface area contributed by atoms with E-state index < -0.39 is 5.60 Å². The molecule has 1 rings (SSSR count). The van der Waals surface area contributed by atoms with E-state index in [1.165, 1.54) is 25.7 Å². The maximum atomic E-state index is 12.5. The number of nitrogens with zero attached hydrogens (tertiary/aromatic N) is 1. The molecule has 2 unspecified atom stereocenters. The zero-order valence-electron chi connectivity index (χ0n) is 16.1. The van der Waals surface area contributed by atoms with Crippen LogP contribution in [0.1, 0.15) is 67.2 Å². The zero-order valence-corrected chi connectivity index (χ0v) is 16.9. The second kappa shape index (κ2) is 8.61. The van der Waals surface area contributed by atoms with Crippen molar-refractivity contribution in [1.82, 2.24) is 10.2 Å². The van der Waals surface area contributed by atoms with Crippen LogP contribution in [-0.4, -0.2) is 52.8 Å². The van der Waals surface area contributed by atoms with Gasteiger partial charge in [0.1, 0.15) is 5.60 Å². The number of carbonyl (C=O) groups is 1. The van der Waals surface area contributed by atoms with Gasteiger partial charge in [-0.3, -0.25) is 0 Å². The third-order valence-electron chi connectivity index (χ3n) is 4.15. The molecule has 0 heterocycles. The predicted octanol–water partition coefficient (Wildman–Crippen LogP) is 4.29. The number of nitrogens with one attached hydrogen (secondary N) is 1. The van der Waals surface area contributed by atoms with Crippen molar-refractivity contribution in [1.29, 1.82) is 0 Å². The van der Waals surface area contributed by atoms with Gasteiger partial charge in [0.2, 0.25) is 0 Å². The highest BCUT2D eigenvalue weighted by atomic mass is 32.2. The Kier molecular flexibility index (Phi) is 7.72. The molecule has 4 nitrogen and oxygen atoms in total. The molecule has 2 atom stereocenters. The first kappa shape index (κ1) is 20.6. The summed E-state index contributed by atoms with van der Waals surface area (Å²) < 4.78 is 5.56. The molecule has 1 saturated carbocycles. The number of rotatable bonds is 5. The molecule has 1 aliphatic rings. The SMILES string of the molecule is CSC1CCCC(NCCN(C(=O)OC(C)(C)C)C(C)(C)C)C1. The average molecular weight is 345 g/mol. The molecule has 1 aliphatic carbocycles. The van der Waals surface area contributed by atoms with Crippen LogP contribution < -0.4 is 5.32 Å². The minimum absolute atomic E-state index is 0.225. The maximum Gasteiger partial charge on any atom is 0.410 e. The molecule has 0 radical (unpaired) electrons. The van der Waals surface area contributed by atoms with Crippen molar-refractivity contribution in [3.63, 3.8) is 0 Å². The van der Waals surface area contributed by atoms with E-state index in [2.05, 4.69) is 32.3 Å². The molecule has 23 heavy (non-hydrogen) atoms. The normalized spacial score (nSPS) is 22.7. The van der Waals surface area contributed by atoms with Crippen LogP contribution in [0.5, 0.6) is 0 Å². The highest BCUT2D eigenvalue weighted by molar-refractivity contribution is 7.99. The molecule has 0 bridgehead atoms. The lowest BCUT2D eigenvalue weighted by atomic mass is 9.95. The molecule has 0 aromatic carbocycles.